The zero-order chi connectivity index (χ0) is 16.4. The zero-order valence-corrected chi connectivity index (χ0v) is 12.8. The molecule has 116 valence electrons. The summed E-state index contributed by atoms with van der Waals surface area (Å²) in [6.07, 6.45) is 1.55. The summed E-state index contributed by atoms with van der Waals surface area (Å²) >= 11 is 0. The summed E-state index contributed by atoms with van der Waals surface area (Å²) in [5, 5.41) is 0. The van der Waals surface area contributed by atoms with E-state index in [1.54, 1.807) is 49.6 Å². The number of rotatable bonds is 5. The number of ketones is 1. The van der Waals surface area contributed by atoms with Gasteiger partial charge in [0.1, 0.15) is 11.8 Å². The highest BCUT2D eigenvalue weighted by molar-refractivity contribution is 6.17. The number of hydrogen-bond donors (Lipinski definition) is 0. The Bertz CT molecular complexity index is 737. The Balaban J connectivity index is 1.93. The molecule has 0 aliphatic carbocycles. The second-order valence-corrected chi connectivity index (χ2v) is 5.34. The number of methoxy groups -OCH3 is 1. The van der Waals surface area contributed by atoms with E-state index in [1.807, 2.05) is 18.2 Å². The highest BCUT2D eigenvalue weighted by atomic mass is 16.5. The lowest BCUT2D eigenvalue weighted by atomic mass is 9.81. The number of anilines is 1. The third-order valence-corrected chi connectivity index (χ3v) is 4.07. The smallest absolute Gasteiger partial charge is 0.237 e. The van der Waals surface area contributed by atoms with Crippen molar-refractivity contribution < 1.29 is 14.3 Å². The molecule has 1 saturated heterocycles. The summed E-state index contributed by atoms with van der Waals surface area (Å²) in [6, 6.07) is 15.6. The normalized spacial score (nSPS) is 19.9. The fourth-order valence-corrected chi connectivity index (χ4v) is 2.83. The Hall–Kier alpha value is -2.88. The number of nitrogens with zero attached hydrogens (tertiary/aromatic N) is 1. The van der Waals surface area contributed by atoms with Gasteiger partial charge in [-0.1, -0.05) is 36.4 Å². The van der Waals surface area contributed by atoms with Gasteiger partial charge in [0, 0.05) is 11.3 Å². The van der Waals surface area contributed by atoms with Crippen LogP contribution in [0.25, 0.3) is 0 Å². The van der Waals surface area contributed by atoms with Gasteiger partial charge in [-0.25, -0.2) is 0 Å². The first-order valence-corrected chi connectivity index (χ1v) is 7.36. The molecular weight excluding hydrogens is 290 g/mol. The van der Waals surface area contributed by atoms with Crippen LogP contribution in [0.2, 0.25) is 0 Å². The van der Waals surface area contributed by atoms with Crippen molar-refractivity contribution in [1.29, 1.82) is 0 Å². The molecule has 0 saturated carbocycles. The number of amides is 1. The van der Waals surface area contributed by atoms with Gasteiger partial charge in [0.05, 0.1) is 13.0 Å². The van der Waals surface area contributed by atoms with Gasteiger partial charge in [0.2, 0.25) is 5.91 Å². The molecule has 1 aliphatic heterocycles. The zero-order valence-electron chi connectivity index (χ0n) is 12.8. The first-order chi connectivity index (χ1) is 11.2. The highest BCUT2D eigenvalue weighted by Gasteiger charge is 2.50. The van der Waals surface area contributed by atoms with Gasteiger partial charge in [0.25, 0.3) is 0 Å². The first kappa shape index (κ1) is 15.0. The molecule has 1 amide bonds. The van der Waals surface area contributed by atoms with Gasteiger partial charge in [-0.15, -0.1) is 6.58 Å². The predicted octanol–water partition coefficient (Wildman–Crippen LogP) is 3.10. The van der Waals surface area contributed by atoms with E-state index in [-0.39, 0.29) is 11.7 Å². The minimum atomic E-state index is -0.546. The first-order valence-electron chi connectivity index (χ1n) is 7.36. The van der Waals surface area contributed by atoms with Crippen LogP contribution in [0.3, 0.4) is 0 Å². The molecule has 1 heterocycles. The number of benzene rings is 2. The highest BCUT2D eigenvalue weighted by Crippen LogP contribution is 2.36. The van der Waals surface area contributed by atoms with Crippen LogP contribution >= 0.6 is 0 Å². The van der Waals surface area contributed by atoms with Crippen LogP contribution in [0.15, 0.2) is 67.3 Å². The van der Waals surface area contributed by atoms with Crippen LogP contribution in [0, 0.1) is 5.92 Å². The Kier molecular flexibility index (Phi) is 3.98. The third-order valence-electron chi connectivity index (χ3n) is 4.07. The summed E-state index contributed by atoms with van der Waals surface area (Å²) in [7, 11) is 1.58. The topological polar surface area (TPSA) is 46.6 Å². The maximum atomic E-state index is 12.8. The average molecular weight is 307 g/mol. The predicted molar refractivity (Wildman–Crippen MR) is 88.7 cm³/mol. The minimum absolute atomic E-state index is 0.0779. The van der Waals surface area contributed by atoms with Gasteiger partial charge < -0.3 is 4.74 Å². The lowest BCUT2D eigenvalue weighted by Crippen LogP contribution is -2.64. The van der Waals surface area contributed by atoms with Crippen LogP contribution in [0.5, 0.6) is 5.75 Å². The SMILES string of the molecule is C=C[C@H]1C(=O)N(c2ccc(OC)cc2)[C@H]1C(=O)c1ccccc1. The van der Waals surface area contributed by atoms with Crippen molar-refractivity contribution in [1.82, 2.24) is 0 Å². The number of carbonyl (C=O) groups excluding carboxylic acids is 2. The van der Waals surface area contributed by atoms with E-state index >= 15 is 0 Å². The second kappa shape index (κ2) is 6.08. The van der Waals surface area contributed by atoms with Crippen LogP contribution in [0.1, 0.15) is 10.4 Å². The minimum Gasteiger partial charge on any atom is -0.497 e. The molecule has 0 N–H and O–H groups in total. The molecule has 0 radical (unpaired) electrons. The molecule has 3 rings (SSSR count). The Morgan fingerprint density at radius 3 is 2.35 bits per heavy atom. The summed E-state index contributed by atoms with van der Waals surface area (Å²) in [6.45, 7) is 3.70. The van der Waals surface area contributed by atoms with Crippen molar-refractivity contribution in [3.8, 4) is 5.75 Å². The third kappa shape index (κ3) is 2.52. The van der Waals surface area contributed by atoms with Crippen molar-refractivity contribution in [3.05, 3.63) is 72.8 Å². The quantitative estimate of drug-likeness (QED) is 0.484. The molecule has 0 spiro atoms. The van der Waals surface area contributed by atoms with E-state index in [2.05, 4.69) is 6.58 Å². The maximum absolute atomic E-state index is 12.8. The monoisotopic (exact) mass is 307 g/mol. The summed E-state index contributed by atoms with van der Waals surface area (Å²) in [4.78, 5) is 26.7. The van der Waals surface area contributed by atoms with Gasteiger partial charge in [-0.3, -0.25) is 14.5 Å². The summed E-state index contributed by atoms with van der Waals surface area (Å²) in [5.41, 5.74) is 1.28. The van der Waals surface area contributed by atoms with Crippen molar-refractivity contribution in [2.75, 3.05) is 12.0 Å². The van der Waals surface area contributed by atoms with E-state index in [0.29, 0.717) is 17.0 Å². The standard InChI is InChI=1S/C19H17NO3/c1-3-16-17(18(21)13-7-5-4-6-8-13)20(19(16)22)14-9-11-15(23-2)12-10-14/h3-12,16-17H,1H2,2H3/t16-,17-/m1/s1. The Morgan fingerprint density at radius 1 is 1.13 bits per heavy atom. The van der Waals surface area contributed by atoms with E-state index in [1.165, 1.54) is 4.90 Å². The molecule has 0 bridgehead atoms. The van der Waals surface area contributed by atoms with Crippen LogP contribution in [0.4, 0.5) is 5.69 Å². The van der Waals surface area contributed by atoms with Gasteiger partial charge in [-0.05, 0) is 24.3 Å². The molecule has 1 aliphatic rings. The number of carbonyl (C=O) groups is 2. The number of ether oxygens (including phenoxy) is 1. The van der Waals surface area contributed by atoms with Crippen molar-refractivity contribution >= 4 is 17.4 Å². The van der Waals surface area contributed by atoms with Gasteiger partial charge >= 0.3 is 0 Å². The molecule has 4 nitrogen and oxygen atoms in total. The van der Waals surface area contributed by atoms with Crippen molar-refractivity contribution in [2.24, 2.45) is 5.92 Å². The molecular formula is C19H17NO3. The van der Waals surface area contributed by atoms with Crippen molar-refractivity contribution in [3.63, 3.8) is 0 Å². The molecule has 1 fully saturated rings. The molecule has 4 heteroatoms. The van der Waals surface area contributed by atoms with E-state index in [4.69, 9.17) is 4.74 Å². The van der Waals surface area contributed by atoms with Crippen LogP contribution < -0.4 is 9.64 Å². The largest absolute Gasteiger partial charge is 0.497 e. The average Bonchev–Trinajstić information content (AvgIpc) is 2.61. The lowest BCUT2D eigenvalue weighted by Gasteiger charge is -2.45. The fraction of sp³-hybridized carbons (Fsp3) is 0.158. The van der Waals surface area contributed by atoms with Crippen LogP contribution in [-0.4, -0.2) is 24.8 Å². The molecule has 0 unspecified atom stereocenters. The summed E-state index contributed by atoms with van der Waals surface area (Å²) < 4.78 is 5.13. The van der Waals surface area contributed by atoms with Gasteiger partial charge in [-0.2, -0.15) is 0 Å². The summed E-state index contributed by atoms with van der Waals surface area (Å²) in [5.74, 6) is 0.0307. The number of Topliss-reactive ketones (excluding diaryl/α,β-unsaturated/α-hetero) is 1. The van der Waals surface area contributed by atoms with E-state index in [0.717, 1.165) is 0 Å². The van der Waals surface area contributed by atoms with Crippen molar-refractivity contribution in [2.45, 2.75) is 6.04 Å². The Labute approximate surface area is 135 Å². The molecule has 2 atom stereocenters. The Morgan fingerprint density at radius 2 is 1.78 bits per heavy atom. The van der Waals surface area contributed by atoms with Crippen LogP contribution in [-0.2, 0) is 4.79 Å². The van der Waals surface area contributed by atoms with Gasteiger partial charge in [0.15, 0.2) is 5.78 Å². The second-order valence-electron chi connectivity index (χ2n) is 5.34. The maximum Gasteiger partial charge on any atom is 0.237 e. The molecule has 2 aromatic carbocycles. The molecule has 2 aromatic rings. The number of hydrogen-bond acceptors (Lipinski definition) is 3. The van der Waals surface area contributed by atoms with E-state index in [9.17, 15) is 9.59 Å². The van der Waals surface area contributed by atoms with E-state index < -0.39 is 12.0 Å². The number of β-lactam (4-membered cyclic amide) rings is 1. The fourth-order valence-electron chi connectivity index (χ4n) is 2.83. The molecule has 0 aromatic heterocycles. The lowest BCUT2D eigenvalue weighted by molar-refractivity contribution is -0.127. The molecule has 23 heavy (non-hydrogen) atoms.